The average molecular weight is 557 g/mol. The summed E-state index contributed by atoms with van der Waals surface area (Å²) in [4.78, 5) is 31.4. The number of rotatable bonds is 5. The zero-order chi connectivity index (χ0) is 23.5. The number of nitrogens with one attached hydrogen (secondary N) is 1. The predicted molar refractivity (Wildman–Crippen MR) is 124 cm³/mol. The number of pyridine rings is 1. The van der Waals surface area contributed by atoms with Gasteiger partial charge in [-0.2, -0.15) is 0 Å². The lowest BCUT2D eigenvalue weighted by Gasteiger charge is -2.43. The minimum absolute atomic E-state index is 0.0173. The lowest BCUT2D eigenvalue weighted by molar-refractivity contribution is -0.136. The van der Waals surface area contributed by atoms with Gasteiger partial charge in [0.2, 0.25) is 5.91 Å². The lowest BCUT2D eigenvalue weighted by atomic mass is 9.89. The molecule has 3 atom stereocenters. The monoisotopic (exact) mass is 557 g/mol. The maximum Gasteiger partial charge on any atom is 0.407 e. The van der Waals surface area contributed by atoms with E-state index in [0.717, 1.165) is 23.9 Å². The minimum Gasteiger partial charge on any atom is -0.444 e. The fourth-order valence-corrected chi connectivity index (χ4v) is 4.65. The molecular weight excluding hydrogens is 531 g/mol. The summed E-state index contributed by atoms with van der Waals surface area (Å²) in [7, 11) is 0. The van der Waals surface area contributed by atoms with Crippen LogP contribution in [0.1, 0.15) is 44.5 Å². The summed E-state index contributed by atoms with van der Waals surface area (Å²) in [5, 5.41) is 2.79. The third kappa shape index (κ3) is 6.14. The van der Waals surface area contributed by atoms with Gasteiger partial charge in [0.25, 0.3) is 0 Å². The predicted octanol–water partition coefficient (Wildman–Crippen LogP) is 4.57. The third-order valence-electron chi connectivity index (χ3n) is 5.04. The van der Waals surface area contributed by atoms with Crippen LogP contribution >= 0.6 is 22.6 Å². The van der Waals surface area contributed by atoms with Crippen LogP contribution in [0.15, 0.2) is 42.6 Å². The van der Waals surface area contributed by atoms with Crippen molar-refractivity contribution in [2.45, 2.75) is 55.2 Å². The molecule has 2 aromatic rings. The number of alkyl carbamates (subject to hydrolysis) is 1. The summed E-state index contributed by atoms with van der Waals surface area (Å²) in [5.41, 5.74) is 0.0612. The van der Waals surface area contributed by atoms with E-state index in [9.17, 15) is 18.4 Å². The molecule has 2 amide bonds. The summed E-state index contributed by atoms with van der Waals surface area (Å²) < 4.78 is 33.8. The first kappa shape index (κ1) is 24.3. The van der Waals surface area contributed by atoms with Gasteiger partial charge in [-0.25, -0.2) is 13.6 Å². The lowest BCUT2D eigenvalue weighted by Crippen LogP contribution is -2.57. The molecule has 1 fully saturated rings. The van der Waals surface area contributed by atoms with E-state index in [1.807, 2.05) is 34.7 Å². The van der Waals surface area contributed by atoms with Crippen LogP contribution in [0, 0.1) is 11.6 Å². The zero-order valence-corrected chi connectivity index (χ0v) is 20.3. The Labute approximate surface area is 199 Å². The van der Waals surface area contributed by atoms with E-state index in [1.165, 1.54) is 4.90 Å². The van der Waals surface area contributed by atoms with Gasteiger partial charge in [0.15, 0.2) is 0 Å². The van der Waals surface area contributed by atoms with E-state index in [2.05, 4.69) is 10.3 Å². The Morgan fingerprint density at radius 2 is 2.03 bits per heavy atom. The topological polar surface area (TPSA) is 71.5 Å². The molecule has 1 N–H and O–H groups in total. The fourth-order valence-electron chi connectivity index (χ4n) is 3.74. The van der Waals surface area contributed by atoms with Crippen molar-refractivity contribution < 1.29 is 23.1 Å². The number of hydrogen-bond acceptors (Lipinski definition) is 4. The summed E-state index contributed by atoms with van der Waals surface area (Å²) in [6.45, 7) is 5.45. The number of piperidine rings is 1. The summed E-state index contributed by atoms with van der Waals surface area (Å²) in [5.74, 6) is -1.46. The first-order valence-electron chi connectivity index (χ1n) is 10.3. The number of ether oxygens (including phenoxy) is 1. The van der Waals surface area contributed by atoms with Crippen LogP contribution in [-0.4, -0.2) is 44.0 Å². The number of aromatic nitrogens is 1. The van der Waals surface area contributed by atoms with Crippen molar-refractivity contribution >= 4 is 34.6 Å². The largest absolute Gasteiger partial charge is 0.444 e. The number of alkyl halides is 1. The first-order valence-corrected chi connectivity index (χ1v) is 11.6. The second-order valence-electron chi connectivity index (χ2n) is 8.67. The van der Waals surface area contributed by atoms with E-state index in [4.69, 9.17) is 4.74 Å². The minimum atomic E-state index is -0.888. The molecule has 3 rings (SSSR count). The molecule has 172 valence electrons. The number of likely N-dealkylation sites (tertiary alicyclic amines) is 1. The van der Waals surface area contributed by atoms with Crippen LogP contribution in [0.25, 0.3) is 0 Å². The Morgan fingerprint density at radius 1 is 1.28 bits per heavy atom. The number of nitrogens with zero attached hydrogens (tertiary/aromatic N) is 2. The molecule has 0 aliphatic carbocycles. The Bertz CT molecular complexity index is 969. The molecular formula is C23H26F2IN3O3. The standard InChI is InChI=1S/C23H26F2IN3O3/c1-23(2,3)32-22(31)28-19-13-18(26)21(30)29(11-9-15-6-4-5-10-27-15)20(19)16-12-14(24)7-8-17(16)25/h4-8,10,12,18-20H,9,11,13H2,1-3H3,(H,28,31)/t18-,19-,20+/m0/s1. The van der Waals surface area contributed by atoms with E-state index in [-0.39, 0.29) is 24.4 Å². The maximum atomic E-state index is 14.8. The number of halogens is 3. The van der Waals surface area contributed by atoms with Crippen molar-refractivity contribution in [1.29, 1.82) is 0 Å². The van der Waals surface area contributed by atoms with Gasteiger partial charge in [-0.1, -0.05) is 28.7 Å². The highest BCUT2D eigenvalue weighted by Crippen LogP contribution is 2.36. The van der Waals surface area contributed by atoms with Crippen LogP contribution in [0.3, 0.4) is 0 Å². The SMILES string of the molecule is CC(C)(C)OC(=O)N[C@H]1C[C@H](I)C(=O)N(CCc2ccccn2)[C@@H]1c1cc(F)ccc1F. The van der Waals surface area contributed by atoms with Crippen molar-refractivity contribution in [3.63, 3.8) is 0 Å². The van der Waals surface area contributed by atoms with E-state index < -0.39 is 39.3 Å². The van der Waals surface area contributed by atoms with Crippen molar-refractivity contribution in [2.24, 2.45) is 0 Å². The van der Waals surface area contributed by atoms with Gasteiger partial charge < -0.3 is 15.0 Å². The molecule has 0 spiro atoms. The Hall–Kier alpha value is -2.30. The fraction of sp³-hybridized carbons (Fsp3) is 0.435. The Kier molecular flexibility index (Phi) is 7.68. The van der Waals surface area contributed by atoms with E-state index in [1.54, 1.807) is 33.0 Å². The molecule has 2 heterocycles. The number of hydrogen-bond donors (Lipinski definition) is 1. The van der Waals surface area contributed by atoms with Crippen LogP contribution in [-0.2, 0) is 16.0 Å². The third-order valence-corrected chi connectivity index (χ3v) is 6.08. The molecule has 1 aliphatic rings. The van der Waals surface area contributed by atoms with Crippen molar-refractivity contribution in [1.82, 2.24) is 15.2 Å². The van der Waals surface area contributed by atoms with Gasteiger partial charge in [-0.3, -0.25) is 9.78 Å². The normalized spacial score (nSPS) is 21.4. The van der Waals surface area contributed by atoms with Crippen molar-refractivity contribution in [2.75, 3.05) is 6.54 Å². The maximum absolute atomic E-state index is 14.8. The quantitative estimate of drug-likeness (QED) is 0.432. The van der Waals surface area contributed by atoms with Gasteiger partial charge in [0, 0.05) is 30.4 Å². The van der Waals surface area contributed by atoms with Crippen molar-refractivity contribution in [3.05, 3.63) is 65.5 Å². The molecule has 1 aliphatic heterocycles. The van der Waals surface area contributed by atoms with E-state index in [0.29, 0.717) is 6.42 Å². The molecule has 9 heteroatoms. The number of carbonyl (C=O) groups is 2. The van der Waals surface area contributed by atoms with Crippen LogP contribution < -0.4 is 5.32 Å². The second-order valence-corrected chi connectivity index (χ2v) is 10.2. The number of amides is 2. The van der Waals surface area contributed by atoms with Gasteiger partial charge >= 0.3 is 6.09 Å². The van der Waals surface area contributed by atoms with Gasteiger partial charge in [0.1, 0.15) is 17.2 Å². The highest BCUT2D eigenvalue weighted by Gasteiger charge is 2.43. The van der Waals surface area contributed by atoms with Crippen LogP contribution in [0.4, 0.5) is 13.6 Å². The van der Waals surface area contributed by atoms with Crippen LogP contribution in [0.5, 0.6) is 0 Å². The Morgan fingerprint density at radius 3 is 2.69 bits per heavy atom. The second kappa shape index (κ2) is 10.1. The van der Waals surface area contributed by atoms with Gasteiger partial charge in [-0.05, 0) is 57.5 Å². The molecule has 6 nitrogen and oxygen atoms in total. The van der Waals surface area contributed by atoms with Gasteiger partial charge in [0.05, 0.1) is 16.0 Å². The molecule has 1 aromatic carbocycles. The number of benzene rings is 1. The molecule has 0 saturated carbocycles. The van der Waals surface area contributed by atoms with Crippen molar-refractivity contribution in [3.8, 4) is 0 Å². The molecule has 1 saturated heterocycles. The smallest absolute Gasteiger partial charge is 0.407 e. The zero-order valence-electron chi connectivity index (χ0n) is 18.1. The highest BCUT2D eigenvalue weighted by atomic mass is 127. The highest BCUT2D eigenvalue weighted by molar-refractivity contribution is 14.1. The molecule has 0 bridgehead atoms. The molecule has 0 radical (unpaired) electrons. The number of carbonyl (C=O) groups excluding carboxylic acids is 2. The first-order chi connectivity index (χ1) is 15.0. The average Bonchev–Trinajstić information content (AvgIpc) is 2.71. The van der Waals surface area contributed by atoms with Gasteiger partial charge in [-0.15, -0.1) is 0 Å². The Balaban J connectivity index is 1.95. The summed E-state index contributed by atoms with van der Waals surface area (Å²) >= 11 is 2.02. The molecule has 1 aromatic heterocycles. The van der Waals surface area contributed by atoms with E-state index >= 15 is 0 Å². The summed E-state index contributed by atoms with van der Waals surface area (Å²) in [6.07, 6.45) is 1.68. The van der Waals surface area contributed by atoms with Crippen LogP contribution in [0.2, 0.25) is 0 Å². The summed E-state index contributed by atoms with van der Waals surface area (Å²) in [6, 6.07) is 7.07. The molecule has 32 heavy (non-hydrogen) atoms. The molecule has 0 unspecified atom stereocenters.